The van der Waals surface area contributed by atoms with Crippen LogP contribution in [0.2, 0.25) is 0 Å². The molecule has 0 aliphatic heterocycles. The van der Waals surface area contributed by atoms with Crippen LogP contribution in [0.3, 0.4) is 0 Å². The van der Waals surface area contributed by atoms with Crippen LogP contribution >= 0.6 is 0 Å². The number of aryl methyl sites for hydroxylation is 1. The molecule has 1 aromatic rings. The van der Waals surface area contributed by atoms with Crippen molar-refractivity contribution in [3.05, 3.63) is 29.8 Å². The van der Waals surface area contributed by atoms with Crippen molar-refractivity contribution in [1.29, 1.82) is 0 Å². The van der Waals surface area contributed by atoms with Gasteiger partial charge in [-0.2, -0.15) is 0 Å². The van der Waals surface area contributed by atoms with Crippen molar-refractivity contribution in [2.75, 3.05) is 0 Å². The van der Waals surface area contributed by atoms with E-state index >= 15 is 0 Å². The lowest BCUT2D eigenvalue weighted by Gasteiger charge is -2.27. The van der Waals surface area contributed by atoms with Crippen molar-refractivity contribution in [2.45, 2.75) is 197 Å². The van der Waals surface area contributed by atoms with E-state index in [1.807, 2.05) is 31.2 Å². The summed E-state index contributed by atoms with van der Waals surface area (Å²) in [6, 6.07) is 7.67. The Kier molecular flexibility index (Phi) is 24.2. The van der Waals surface area contributed by atoms with E-state index in [-0.39, 0.29) is 0 Å². The molecule has 0 saturated heterocycles. The Morgan fingerprint density at radius 1 is 0.525 bits per heavy atom. The molecular weight excluding hydrogens is 512 g/mol. The number of aliphatic hydroxyl groups excluding tert-OH is 2. The molecule has 0 aliphatic rings. The van der Waals surface area contributed by atoms with Crippen LogP contribution in [0.5, 0.6) is 0 Å². The molecule has 40 heavy (non-hydrogen) atoms. The first-order valence-corrected chi connectivity index (χ1v) is 18.6. The smallest absolute Gasteiger partial charge is 0.0912 e. The summed E-state index contributed by atoms with van der Waals surface area (Å²) in [6.45, 7) is 6.44. The van der Waals surface area contributed by atoms with E-state index in [0.29, 0.717) is 17.7 Å². The summed E-state index contributed by atoms with van der Waals surface area (Å²) >= 11 is 0. The molecule has 3 nitrogen and oxygen atoms in total. The summed E-state index contributed by atoms with van der Waals surface area (Å²) in [5.74, 6) is 0. The lowest BCUT2D eigenvalue weighted by molar-refractivity contribution is 0.0743. The summed E-state index contributed by atoms with van der Waals surface area (Å²) in [6.07, 6.45) is 28.4. The number of hydrogen-bond acceptors (Lipinski definition) is 3. The second kappa shape index (κ2) is 26.0. The normalized spacial score (nSPS) is 14.7. The van der Waals surface area contributed by atoms with Crippen molar-refractivity contribution in [3.63, 3.8) is 0 Å². The van der Waals surface area contributed by atoms with Gasteiger partial charge in [0.1, 0.15) is 0 Å². The van der Waals surface area contributed by atoms with Gasteiger partial charge in [0, 0.05) is 4.90 Å². The van der Waals surface area contributed by atoms with Crippen LogP contribution in [0.1, 0.15) is 174 Å². The Balaban J connectivity index is 2.13. The Morgan fingerprint density at radius 3 is 1.20 bits per heavy atom. The minimum absolute atomic E-state index is 0.604. The van der Waals surface area contributed by atoms with E-state index in [1.165, 1.54) is 109 Å². The molecule has 2 N–H and O–H groups in total. The van der Waals surface area contributed by atoms with Gasteiger partial charge in [-0.1, -0.05) is 173 Å². The molecule has 0 spiro atoms. The van der Waals surface area contributed by atoms with Crippen LogP contribution in [0.15, 0.2) is 29.2 Å². The zero-order valence-corrected chi connectivity index (χ0v) is 27.5. The maximum absolute atomic E-state index is 13.4. The Labute approximate surface area is 251 Å². The second-order valence-electron chi connectivity index (χ2n) is 12.4. The van der Waals surface area contributed by atoms with Crippen LogP contribution in [0.25, 0.3) is 0 Å². The van der Waals surface area contributed by atoms with Crippen molar-refractivity contribution in [1.82, 2.24) is 0 Å². The van der Waals surface area contributed by atoms with Gasteiger partial charge in [0.2, 0.25) is 0 Å². The number of benzene rings is 1. The maximum Gasteiger partial charge on any atom is 0.0912 e. The van der Waals surface area contributed by atoms with Crippen molar-refractivity contribution in [2.24, 2.45) is 0 Å². The topological polar surface area (TPSA) is 57.5 Å². The molecule has 4 atom stereocenters. The lowest BCUT2D eigenvalue weighted by atomic mass is 9.99. The molecule has 234 valence electrons. The molecule has 1 aromatic carbocycles. The minimum atomic E-state index is -1.41. The third-order valence-electron chi connectivity index (χ3n) is 8.47. The Morgan fingerprint density at radius 2 is 0.825 bits per heavy atom. The first kappa shape index (κ1) is 37.3. The molecule has 0 aromatic heterocycles. The first-order chi connectivity index (χ1) is 19.5. The molecular formula is C36H66O3S. The van der Waals surface area contributed by atoms with E-state index in [9.17, 15) is 14.4 Å². The maximum atomic E-state index is 13.4. The van der Waals surface area contributed by atoms with Gasteiger partial charge in [0.05, 0.1) is 28.3 Å². The van der Waals surface area contributed by atoms with E-state index in [1.54, 1.807) is 0 Å². The molecule has 0 saturated carbocycles. The lowest BCUT2D eigenvalue weighted by Crippen LogP contribution is -2.41. The predicted molar refractivity (Wildman–Crippen MR) is 176 cm³/mol. The van der Waals surface area contributed by atoms with E-state index in [0.717, 1.165) is 37.7 Å². The van der Waals surface area contributed by atoms with E-state index < -0.39 is 28.3 Å². The Hall–Kier alpha value is -0.710. The van der Waals surface area contributed by atoms with E-state index in [4.69, 9.17) is 0 Å². The molecule has 0 heterocycles. The van der Waals surface area contributed by atoms with E-state index in [2.05, 4.69) is 13.8 Å². The van der Waals surface area contributed by atoms with Crippen LogP contribution in [0, 0.1) is 6.92 Å². The average molecular weight is 579 g/mol. The van der Waals surface area contributed by atoms with Gasteiger partial charge in [0.15, 0.2) is 0 Å². The zero-order valence-electron chi connectivity index (χ0n) is 26.7. The summed E-state index contributed by atoms with van der Waals surface area (Å²) in [5, 5.41) is 21.3. The van der Waals surface area contributed by atoms with Gasteiger partial charge < -0.3 is 10.2 Å². The third-order valence-corrected chi connectivity index (χ3v) is 10.3. The van der Waals surface area contributed by atoms with Crippen LogP contribution in [0.4, 0.5) is 0 Å². The highest BCUT2D eigenvalue weighted by Crippen LogP contribution is 2.24. The quantitative estimate of drug-likeness (QED) is 0.0972. The molecule has 4 heteroatoms. The molecule has 4 unspecified atom stereocenters. The highest BCUT2D eigenvalue weighted by molar-refractivity contribution is 7.85. The second-order valence-corrected chi connectivity index (χ2v) is 14.0. The fraction of sp³-hybridized carbons (Fsp3) is 0.833. The summed E-state index contributed by atoms with van der Waals surface area (Å²) < 4.78 is 13.4. The van der Waals surface area contributed by atoms with Gasteiger partial charge in [-0.25, -0.2) is 0 Å². The van der Waals surface area contributed by atoms with Crippen molar-refractivity contribution >= 4 is 10.8 Å². The molecule has 0 amide bonds. The van der Waals surface area contributed by atoms with Gasteiger partial charge in [-0.05, 0) is 31.9 Å². The average Bonchev–Trinajstić information content (AvgIpc) is 2.95. The van der Waals surface area contributed by atoms with Crippen molar-refractivity contribution < 1.29 is 14.4 Å². The summed E-state index contributed by atoms with van der Waals surface area (Å²) in [4.78, 5) is 0.706. The zero-order chi connectivity index (χ0) is 29.3. The van der Waals surface area contributed by atoms with Gasteiger partial charge in [-0.3, -0.25) is 4.21 Å². The SMILES string of the molecule is CCCCCCCCCCCCCCCCCCCCCC(O)C(C(O)CCCCC)S(=O)c1ccc(C)cc1. The van der Waals surface area contributed by atoms with Gasteiger partial charge >= 0.3 is 0 Å². The standard InChI is InChI=1S/C36H66O3S/c1-4-6-8-9-10-11-12-13-14-15-16-17-18-19-20-21-22-23-25-27-35(38)36(34(37)26-24-7-5-2)40(39)33-30-28-32(3)29-31-33/h28-31,34-38H,4-27H2,1-3H3. The number of aliphatic hydroxyl groups is 2. The number of unbranched alkanes of at least 4 members (excludes halogenated alkanes) is 20. The summed E-state index contributed by atoms with van der Waals surface area (Å²) in [7, 11) is -1.41. The summed E-state index contributed by atoms with van der Waals surface area (Å²) in [5.41, 5.74) is 1.12. The van der Waals surface area contributed by atoms with Crippen LogP contribution in [-0.4, -0.2) is 31.9 Å². The highest BCUT2D eigenvalue weighted by atomic mass is 32.2. The number of rotatable bonds is 28. The molecule has 0 bridgehead atoms. The third kappa shape index (κ3) is 18.7. The van der Waals surface area contributed by atoms with Gasteiger partial charge in [0.25, 0.3) is 0 Å². The van der Waals surface area contributed by atoms with Crippen LogP contribution < -0.4 is 0 Å². The Bertz CT molecular complexity index is 704. The fourth-order valence-electron chi connectivity index (χ4n) is 5.74. The minimum Gasteiger partial charge on any atom is -0.392 e. The van der Waals surface area contributed by atoms with Crippen molar-refractivity contribution in [3.8, 4) is 0 Å². The predicted octanol–water partition coefficient (Wildman–Crippen LogP) is 10.6. The molecule has 0 radical (unpaired) electrons. The molecule has 0 aliphatic carbocycles. The first-order valence-electron chi connectivity index (χ1n) is 17.3. The molecule has 0 fully saturated rings. The van der Waals surface area contributed by atoms with Crippen LogP contribution in [-0.2, 0) is 10.8 Å². The van der Waals surface area contributed by atoms with Gasteiger partial charge in [-0.15, -0.1) is 0 Å². The molecule has 1 rings (SSSR count). The fourth-order valence-corrected chi connectivity index (χ4v) is 7.30. The monoisotopic (exact) mass is 578 g/mol. The largest absolute Gasteiger partial charge is 0.392 e. The number of hydrogen-bond donors (Lipinski definition) is 2. The highest BCUT2D eigenvalue weighted by Gasteiger charge is 2.32.